The van der Waals surface area contributed by atoms with Crippen molar-refractivity contribution in [2.24, 2.45) is 22.1 Å². The Bertz CT molecular complexity index is 865. The van der Waals surface area contributed by atoms with Crippen LogP contribution < -0.4 is 15.6 Å². The van der Waals surface area contributed by atoms with Gasteiger partial charge in [-0.05, 0) is 76.1 Å². The molecule has 34 heavy (non-hydrogen) atoms. The molecule has 1 amide bonds. The summed E-state index contributed by atoms with van der Waals surface area (Å²) >= 11 is 5.14. The molecule has 200 valence electrons. The second-order valence-corrected chi connectivity index (χ2v) is 13.3. The van der Waals surface area contributed by atoms with Gasteiger partial charge in [-0.2, -0.15) is 0 Å². The number of nitrogens with two attached hydrogens (primary N) is 2. The highest BCUT2D eigenvalue weighted by Crippen LogP contribution is 2.30. The molecule has 4 aliphatic rings. The molecule has 2 aliphatic carbocycles. The van der Waals surface area contributed by atoms with Gasteiger partial charge in [-0.3, -0.25) is 9.59 Å². The lowest BCUT2D eigenvalue weighted by atomic mass is 9.84. The molecule has 2 saturated heterocycles. The molecule has 14 heteroatoms. The standard InChI is InChI=1S/C10H18N2O3S.C5H7ClO.C5H12N2O2S.ClH/c11-16(14,15)9-4-6-12(7-5-9)10(13)8-2-1-3-8;6-5(7)4-2-1-3-4;6-10(8,9)5-1-3-7-4-2-5;/h8-9H,1-7H2,(H2,11,14,15);4H,1-3H2;5,7H,1-4H2,(H2,6,8,9);1H. The second kappa shape index (κ2) is 14.3. The molecular formula is C20H38Cl2N4O6S2. The van der Waals surface area contributed by atoms with Crippen LogP contribution in [0.1, 0.15) is 64.2 Å². The summed E-state index contributed by atoms with van der Waals surface area (Å²) in [5, 5.41) is 12.2. The maximum absolute atomic E-state index is 11.9. The molecule has 0 aromatic rings. The van der Waals surface area contributed by atoms with Gasteiger partial charge in [-0.25, -0.2) is 27.1 Å². The maximum atomic E-state index is 11.9. The summed E-state index contributed by atoms with van der Waals surface area (Å²) in [4.78, 5) is 23.9. The number of amides is 1. The van der Waals surface area contributed by atoms with E-state index in [2.05, 4.69) is 5.32 Å². The van der Waals surface area contributed by atoms with Gasteiger partial charge in [0.2, 0.25) is 31.2 Å². The Hall–Kier alpha value is -0.500. The molecular weight excluding hydrogens is 527 g/mol. The van der Waals surface area contributed by atoms with Gasteiger partial charge < -0.3 is 10.2 Å². The molecule has 0 spiro atoms. The summed E-state index contributed by atoms with van der Waals surface area (Å²) in [6.07, 6.45) is 8.62. The lowest BCUT2D eigenvalue weighted by molar-refractivity contribution is -0.139. The van der Waals surface area contributed by atoms with Crippen LogP contribution in [0, 0.1) is 11.8 Å². The molecule has 0 bridgehead atoms. The second-order valence-electron chi connectivity index (χ2n) is 9.21. The number of primary sulfonamides is 2. The van der Waals surface area contributed by atoms with E-state index >= 15 is 0 Å². The highest BCUT2D eigenvalue weighted by atomic mass is 35.5. The zero-order valence-electron chi connectivity index (χ0n) is 19.4. The monoisotopic (exact) mass is 564 g/mol. The molecule has 0 atom stereocenters. The normalized spacial score (nSPS) is 22.5. The summed E-state index contributed by atoms with van der Waals surface area (Å²) in [6.45, 7) is 2.61. The SMILES string of the molecule is Cl.NS(=O)(=O)C1CCN(C(=O)C2CCC2)CC1.NS(=O)(=O)C1CCNCC1.O=C(Cl)C1CCC1. The van der Waals surface area contributed by atoms with Crippen LogP contribution in [0.5, 0.6) is 0 Å². The first-order valence-corrected chi connectivity index (χ1v) is 15.2. The van der Waals surface area contributed by atoms with Gasteiger partial charge in [0.15, 0.2) is 0 Å². The van der Waals surface area contributed by atoms with Gasteiger partial charge in [0.1, 0.15) is 0 Å². The minimum absolute atomic E-state index is 0. The molecule has 10 nitrogen and oxygen atoms in total. The van der Waals surface area contributed by atoms with E-state index in [1.54, 1.807) is 4.90 Å². The summed E-state index contributed by atoms with van der Waals surface area (Å²) in [7, 11) is -6.69. The molecule has 0 radical (unpaired) electrons. The molecule has 2 aliphatic heterocycles. The van der Waals surface area contributed by atoms with Crippen molar-refractivity contribution in [3.05, 3.63) is 0 Å². The van der Waals surface area contributed by atoms with Crippen molar-refractivity contribution in [3.63, 3.8) is 0 Å². The fourth-order valence-electron chi connectivity index (χ4n) is 4.08. The van der Waals surface area contributed by atoms with E-state index in [-0.39, 0.29) is 40.6 Å². The van der Waals surface area contributed by atoms with Crippen molar-refractivity contribution in [1.29, 1.82) is 0 Å². The molecule has 0 aromatic carbocycles. The number of nitrogens with one attached hydrogen (secondary N) is 1. The van der Waals surface area contributed by atoms with Crippen LogP contribution in [0.25, 0.3) is 0 Å². The van der Waals surface area contributed by atoms with Crippen LogP contribution >= 0.6 is 24.0 Å². The van der Waals surface area contributed by atoms with Crippen LogP contribution in [0.4, 0.5) is 0 Å². The van der Waals surface area contributed by atoms with Crippen molar-refractivity contribution >= 4 is 55.2 Å². The van der Waals surface area contributed by atoms with Gasteiger partial charge in [0.25, 0.3) is 0 Å². The Balaban J connectivity index is 0.000000275. The molecule has 2 heterocycles. The smallest absolute Gasteiger partial charge is 0.225 e. The van der Waals surface area contributed by atoms with Crippen LogP contribution in [-0.4, -0.2) is 69.6 Å². The minimum Gasteiger partial charge on any atom is -0.342 e. The summed E-state index contributed by atoms with van der Waals surface area (Å²) in [5.74, 6) is 0.617. The zero-order valence-corrected chi connectivity index (χ0v) is 22.6. The Morgan fingerprint density at radius 1 is 0.735 bits per heavy atom. The number of rotatable bonds is 4. The average molecular weight is 566 g/mol. The number of sulfonamides is 2. The molecule has 5 N–H and O–H groups in total. The topological polar surface area (TPSA) is 170 Å². The van der Waals surface area contributed by atoms with E-state index in [0.29, 0.717) is 38.8 Å². The summed E-state index contributed by atoms with van der Waals surface area (Å²) in [6, 6.07) is 0. The Morgan fingerprint density at radius 2 is 1.15 bits per heavy atom. The van der Waals surface area contributed by atoms with Crippen LogP contribution in [-0.2, 0) is 29.6 Å². The third kappa shape index (κ3) is 10.2. The summed E-state index contributed by atoms with van der Waals surface area (Å²) < 4.78 is 43.7. The van der Waals surface area contributed by atoms with E-state index < -0.39 is 25.3 Å². The first kappa shape index (κ1) is 31.5. The van der Waals surface area contributed by atoms with Crippen LogP contribution in [0.15, 0.2) is 0 Å². The van der Waals surface area contributed by atoms with Crippen molar-refractivity contribution in [2.45, 2.75) is 74.7 Å². The Labute approximate surface area is 214 Å². The molecule has 4 fully saturated rings. The van der Waals surface area contributed by atoms with E-state index in [1.807, 2.05) is 0 Å². The van der Waals surface area contributed by atoms with Crippen molar-refractivity contribution in [3.8, 4) is 0 Å². The number of hydrogen-bond donors (Lipinski definition) is 3. The number of nitrogens with zero attached hydrogens (tertiary/aromatic N) is 1. The van der Waals surface area contributed by atoms with Gasteiger partial charge in [-0.1, -0.05) is 12.8 Å². The summed E-state index contributed by atoms with van der Waals surface area (Å²) in [5.41, 5.74) is 0. The Morgan fingerprint density at radius 3 is 1.41 bits per heavy atom. The van der Waals surface area contributed by atoms with E-state index in [4.69, 9.17) is 21.9 Å². The Kier molecular flexibility index (Phi) is 13.3. The van der Waals surface area contributed by atoms with Gasteiger partial charge in [-0.15, -0.1) is 12.4 Å². The van der Waals surface area contributed by atoms with Crippen molar-refractivity contribution in [2.75, 3.05) is 26.2 Å². The quantitative estimate of drug-likeness (QED) is 0.428. The minimum atomic E-state index is -3.42. The van der Waals surface area contributed by atoms with E-state index in [1.165, 1.54) is 6.42 Å². The number of halogens is 2. The van der Waals surface area contributed by atoms with Crippen LogP contribution in [0.3, 0.4) is 0 Å². The first-order chi connectivity index (χ1) is 15.4. The predicted molar refractivity (Wildman–Crippen MR) is 134 cm³/mol. The van der Waals surface area contributed by atoms with Gasteiger partial charge >= 0.3 is 0 Å². The zero-order chi connectivity index (χ0) is 24.6. The fourth-order valence-corrected chi connectivity index (χ4v) is 6.06. The largest absolute Gasteiger partial charge is 0.342 e. The highest BCUT2D eigenvalue weighted by molar-refractivity contribution is 7.90. The molecule has 0 aromatic heterocycles. The number of hydrogen-bond acceptors (Lipinski definition) is 7. The number of carbonyl (C=O) groups is 2. The van der Waals surface area contributed by atoms with Crippen molar-refractivity contribution < 1.29 is 26.4 Å². The number of likely N-dealkylation sites (tertiary alicyclic amines) is 1. The van der Waals surface area contributed by atoms with Gasteiger partial charge in [0, 0.05) is 24.9 Å². The lowest BCUT2D eigenvalue weighted by Gasteiger charge is -2.35. The lowest BCUT2D eigenvalue weighted by Crippen LogP contribution is -2.47. The van der Waals surface area contributed by atoms with E-state index in [9.17, 15) is 26.4 Å². The third-order valence-electron chi connectivity index (χ3n) is 6.85. The van der Waals surface area contributed by atoms with Gasteiger partial charge in [0.05, 0.1) is 10.5 Å². The number of carbonyl (C=O) groups excluding carboxylic acids is 2. The third-order valence-corrected chi connectivity index (χ3v) is 9.96. The maximum Gasteiger partial charge on any atom is 0.225 e. The average Bonchev–Trinajstić information content (AvgIpc) is 2.65. The predicted octanol–water partition coefficient (Wildman–Crippen LogP) is 1.07. The molecule has 0 unspecified atom stereocenters. The molecule has 4 rings (SSSR count). The highest BCUT2D eigenvalue weighted by Gasteiger charge is 2.34. The van der Waals surface area contributed by atoms with E-state index in [0.717, 1.165) is 45.2 Å². The fraction of sp³-hybridized carbons (Fsp3) is 0.900. The number of piperidine rings is 2. The van der Waals surface area contributed by atoms with Crippen molar-refractivity contribution in [1.82, 2.24) is 10.2 Å². The van der Waals surface area contributed by atoms with Crippen LogP contribution in [0.2, 0.25) is 0 Å². The molecule has 2 saturated carbocycles. The first-order valence-electron chi connectivity index (χ1n) is 11.6.